The van der Waals surface area contributed by atoms with Crippen molar-refractivity contribution in [3.8, 4) is 5.75 Å². The van der Waals surface area contributed by atoms with E-state index in [0.29, 0.717) is 0 Å². The van der Waals surface area contributed by atoms with E-state index >= 15 is 0 Å². The summed E-state index contributed by atoms with van der Waals surface area (Å²) in [7, 11) is 1.69. The number of methoxy groups -OCH3 is 1. The first kappa shape index (κ1) is 10.8. The second-order valence-corrected chi connectivity index (χ2v) is 4.59. The fraction of sp³-hybridized carbons (Fsp3) is 0.500. The molecular formula is C12H16ClNO. The second kappa shape index (κ2) is 4.03. The molecule has 1 heterocycles. The zero-order chi connectivity index (χ0) is 10.9. The molecular weight excluding hydrogens is 210 g/mol. The fourth-order valence-corrected chi connectivity index (χ4v) is 2.69. The van der Waals surface area contributed by atoms with Crippen molar-refractivity contribution in [3.05, 3.63) is 28.8 Å². The summed E-state index contributed by atoms with van der Waals surface area (Å²) in [6, 6.07) is 5.81. The lowest BCUT2D eigenvalue weighted by atomic mass is 9.89. The molecule has 0 aliphatic carbocycles. The summed E-state index contributed by atoms with van der Waals surface area (Å²) in [6.45, 7) is 3.23. The Kier molecular flexibility index (Phi) is 2.89. The molecule has 1 atom stereocenters. The number of halogens is 1. The number of rotatable bonds is 2. The van der Waals surface area contributed by atoms with Crippen molar-refractivity contribution in [2.24, 2.45) is 0 Å². The van der Waals surface area contributed by atoms with Crippen LogP contribution in [0.3, 0.4) is 0 Å². The molecule has 15 heavy (non-hydrogen) atoms. The van der Waals surface area contributed by atoms with Crippen LogP contribution >= 0.6 is 11.6 Å². The third-order valence-corrected chi connectivity index (χ3v) is 3.43. The summed E-state index contributed by atoms with van der Waals surface area (Å²) >= 11 is 6.26. The number of hydrogen-bond acceptors (Lipinski definition) is 2. The normalized spacial score (nSPS) is 25.5. The molecule has 2 rings (SSSR count). The Labute approximate surface area is 95.6 Å². The van der Waals surface area contributed by atoms with Gasteiger partial charge in [0.15, 0.2) is 0 Å². The molecule has 1 N–H and O–H groups in total. The summed E-state index contributed by atoms with van der Waals surface area (Å²) in [5.41, 5.74) is 1.05. The molecule has 1 aromatic carbocycles. The molecule has 1 fully saturated rings. The second-order valence-electron chi connectivity index (χ2n) is 4.18. The van der Waals surface area contributed by atoms with Crippen molar-refractivity contribution in [3.63, 3.8) is 0 Å². The van der Waals surface area contributed by atoms with Crippen LogP contribution < -0.4 is 10.1 Å². The minimum Gasteiger partial charge on any atom is -0.496 e. The van der Waals surface area contributed by atoms with Crippen molar-refractivity contribution in [1.29, 1.82) is 0 Å². The summed E-state index contributed by atoms with van der Waals surface area (Å²) in [5, 5.41) is 4.28. The molecule has 1 unspecified atom stereocenters. The van der Waals surface area contributed by atoms with Crippen molar-refractivity contribution in [1.82, 2.24) is 5.32 Å². The van der Waals surface area contributed by atoms with Crippen LogP contribution in [0.2, 0.25) is 5.02 Å². The number of nitrogens with one attached hydrogen (secondary N) is 1. The minimum absolute atomic E-state index is 0.0380. The summed E-state index contributed by atoms with van der Waals surface area (Å²) in [5.74, 6) is 0.874. The van der Waals surface area contributed by atoms with Gasteiger partial charge in [-0.25, -0.2) is 0 Å². The summed E-state index contributed by atoms with van der Waals surface area (Å²) in [6.07, 6.45) is 2.29. The highest BCUT2D eigenvalue weighted by molar-refractivity contribution is 6.31. The lowest BCUT2D eigenvalue weighted by Crippen LogP contribution is -2.33. The van der Waals surface area contributed by atoms with Gasteiger partial charge in [-0.3, -0.25) is 0 Å². The maximum Gasteiger partial charge on any atom is 0.125 e. The van der Waals surface area contributed by atoms with E-state index < -0.39 is 0 Å². The van der Waals surface area contributed by atoms with Gasteiger partial charge in [-0.1, -0.05) is 17.7 Å². The lowest BCUT2D eigenvalue weighted by Gasteiger charge is -2.27. The molecule has 1 aliphatic heterocycles. The Morgan fingerprint density at radius 1 is 1.47 bits per heavy atom. The van der Waals surface area contributed by atoms with Crippen LogP contribution in [0.15, 0.2) is 18.2 Å². The molecule has 2 nitrogen and oxygen atoms in total. The van der Waals surface area contributed by atoms with Gasteiger partial charge in [0, 0.05) is 16.1 Å². The van der Waals surface area contributed by atoms with Crippen molar-refractivity contribution in [2.45, 2.75) is 25.3 Å². The maximum atomic E-state index is 6.26. The molecule has 0 saturated carbocycles. The predicted molar refractivity (Wildman–Crippen MR) is 62.6 cm³/mol. The van der Waals surface area contributed by atoms with Crippen LogP contribution in [-0.2, 0) is 5.54 Å². The standard InChI is InChI=1S/C12H16ClNO/c1-12(7-4-8-14-12)11-9(13)5-3-6-10(11)15-2/h3,5-6,14H,4,7-8H2,1-2H3. The van der Waals surface area contributed by atoms with Gasteiger partial charge in [0.1, 0.15) is 5.75 Å². The van der Waals surface area contributed by atoms with Crippen LogP contribution in [0.25, 0.3) is 0 Å². The van der Waals surface area contributed by atoms with Crippen LogP contribution in [0.1, 0.15) is 25.3 Å². The molecule has 82 valence electrons. The summed E-state index contributed by atoms with van der Waals surface area (Å²) < 4.78 is 5.38. The first-order valence-corrected chi connectivity index (χ1v) is 5.63. The Balaban J connectivity index is 2.49. The van der Waals surface area contributed by atoms with Gasteiger partial charge in [0.05, 0.1) is 7.11 Å². The van der Waals surface area contributed by atoms with Gasteiger partial charge in [-0.05, 0) is 38.4 Å². The quantitative estimate of drug-likeness (QED) is 0.836. The molecule has 0 aromatic heterocycles. The van der Waals surface area contributed by atoms with E-state index in [1.165, 1.54) is 6.42 Å². The highest BCUT2D eigenvalue weighted by Gasteiger charge is 2.34. The Bertz CT molecular complexity index is 359. The van der Waals surface area contributed by atoms with E-state index in [1.54, 1.807) is 7.11 Å². The highest BCUT2D eigenvalue weighted by Crippen LogP contribution is 2.40. The molecule has 1 aliphatic rings. The van der Waals surface area contributed by atoms with E-state index in [1.807, 2.05) is 18.2 Å². The van der Waals surface area contributed by atoms with Crippen LogP contribution in [0.4, 0.5) is 0 Å². The molecule has 0 amide bonds. The van der Waals surface area contributed by atoms with Crippen molar-refractivity contribution in [2.75, 3.05) is 13.7 Å². The minimum atomic E-state index is -0.0380. The predicted octanol–water partition coefficient (Wildman–Crippen LogP) is 2.95. The average molecular weight is 226 g/mol. The van der Waals surface area contributed by atoms with Gasteiger partial charge >= 0.3 is 0 Å². The molecule has 0 radical (unpaired) electrons. The zero-order valence-corrected chi connectivity index (χ0v) is 9.90. The molecule has 3 heteroatoms. The third kappa shape index (κ3) is 1.84. The molecule has 1 saturated heterocycles. The van der Waals surface area contributed by atoms with Gasteiger partial charge < -0.3 is 10.1 Å². The van der Waals surface area contributed by atoms with E-state index in [0.717, 1.165) is 29.3 Å². The van der Waals surface area contributed by atoms with E-state index in [-0.39, 0.29) is 5.54 Å². The van der Waals surface area contributed by atoms with Crippen LogP contribution in [0.5, 0.6) is 5.75 Å². The Hall–Kier alpha value is -0.730. The number of ether oxygens (including phenoxy) is 1. The summed E-state index contributed by atoms with van der Waals surface area (Å²) in [4.78, 5) is 0. The van der Waals surface area contributed by atoms with Gasteiger partial charge in [-0.2, -0.15) is 0 Å². The number of hydrogen-bond donors (Lipinski definition) is 1. The van der Waals surface area contributed by atoms with Crippen LogP contribution in [-0.4, -0.2) is 13.7 Å². The lowest BCUT2D eigenvalue weighted by molar-refractivity contribution is 0.371. The SMILES string of the molecule is COc1cccc(Cl)c1C1(C)CCCN1. The Morgan fingerprint density at radius 2 is 2.27 bits per heavy atom. The first-order valence-electron chi connectivity index (χ1n) is 5.25. The topological polar surface area (TPSA) is 21.3 Å². The van der Waals surface area contributed by atoms with Gasteiger partial charge in [-0.15, -0.1) is 0 Å². The maximum absolute atomic E-state index is 6.26. The van der Waals surface area contributed by atoms with Crippen molar-refractivity contribution < 1.29 is 4.74 Å². The van der Waals surface area contributed by atoms with Gasteiger partial charge in [0.2, 0.25) is 0 Å². The first-order chi connectivity index (χ1) is 7.17. The molecule has 1 aromatic rings. The largest absolute Gasteiger partial charge is 0.496 e. The van der Waals surface area contributed by atoms with E-state index in [2.05, 4.69) is 12.2 Å². The third-order valence-electron chi connectivity index (χ3n) is 3.12. The van der Waals surface area contributed by atoms with E-state index in [4.69, 9.17) is 16.3 Å². The van der Waals surface area contributed by atoms with Gasteiger partial charge in [0.25, 0.3) is 0 Å². The Morgan fingerprint density at radius 3 is 2.87 bits per heavy atom. The average Bonchev–Trinajstić information content (AvgIpc) is 2.65. The zero-order valence-electron chi connectivity index (χ0n) is 9.14. The number of benzene rings is 1. The highest BCUT2D eigenvalue weighted by atomic mass is 35.5. The molecule has 0 bridgehead atoms. The monoisotopic (exact) mass is 225 g/mol. The van der Waals surface area contributed by atoms with Crippen LogP contribution in [0, 0.1) is 0 Å². The molecule has 0 spiro atoms. The van der Waals surface area contributed by atoms with Crippen molar-refractivity contribution >= 4 is 11.6 Å². The smallest absolute Gasteiger partial charge is 0.125 e. The van der Waals surface area contributed by atoms with E-state index in [9.17, 15) is 0 Å². The fourth-order valence-electron chi connectivity index (χ4n) is 2.32.